The van der Waals surface area contributed by atoms with Crippen molar-refractivity contribution in [3.05, 3.63) is 21.3 Å². The Morgan fingerprint density at radius 3 is 2.85 bits per heavy atom. The van der Waals surface area contributed by atoms with E-state index >= 15 is 0 Å². The van der Waals surface area contributed by atoms with Crippen molar-refractivity contribution in [3.63, 3.8) is 0 Å². The minimum absolute atomic E-state index is 0.203. The molecule has 1 saturated carbocycles. The van der Waals surface area contributed by atoms with E-state index in [4.69, 9.17) is 17.3 Å². The first-order chi connectivity index (χ1) is 6.25. The van der Waals surface area contributed by atoms with Gasteiger partial charge in [0.1, 0.15) is 0 Å². The topological polar surface area (TPSA) is 26.0 Å². The number of thiophene rings is 1. The molecule has 1 aromatic heterocycles. The average Bonchev–Trinajstić information content (AvgIpc) is 2.44. The SMILES string of the molecule is NC(CC1CCC1)c1csc(Cl)c1. The Balaban J connectivity index is 1.92. The quantitative estimate of drug-likeness (QED) is 0.820. The lowest BCUT2D eigenvalue weighted by Gasteiger charge is -2.27. The van der Waals surface area contributed by atoms with Crippen LogP contribution in [0.2, 0.25) is 4.34 Å². The molecular weight excluding hydrogens is 202 g/mol. The summed E-state index contributed by atoms with van der Waals surface area (Å²) in [6.07, 6.45) is 5.26. The summed E-state index contributed by atoms with van der Waals surface area (Å²) in [7, 11) is 0. The van der Waals surface area contributed by atoms with Gasteiger partial charge in [-0.25, -0.2) is 0 Å². The van der Waals surface area contributed by atoms with Crippen molar-refractivity contribution in [2.75, 3.05) is 0 Å². The Bertz CT molecular complexity index is 280. The molecule has 2 N–H and O–H groups in total. The standard InChI is InChI=1S/C10H14ClNS/c11-10-5-8(6-13-10)9(12)4-7-2-1-3-7/h5-7,9H,1-4,12H2. The molecule has 1 aliphatic carbocycles. The Kier molecular flexibility index (Phi) is 2.92. The van der Waals surface area contributed by atoms with Gasteiger partial charge in [-0.2, -0.15) is 0 Å². The van der Waals surface area contributed by atoms with Gasteiger partial charge in [0.2, 0.25) is 0 Å². The van der Waals surface area contributed by atoms with E-state index in [1.165, 1.54) is 24.8 Å². The van der Waals surface area contributed by atoms with Gasteiger partial charge in [-0.1, -0.05) is 30.9 Å². The largest absolute Gasteiger partial charge is 0.324 e. The first-order valence-corrected chi connectivity index (χ1v) is 6.01. The van der Waals surface area contributed by atoms with Crippen LogP contribution in [0.4, 0.5) is 0 Å². The monoisotopic (exact) mass is 215 g/mol. The van der Waals surface area contributed by atoms with E-state index in [0.717, 1.165) is 16.7 Å². The summed E-state index contributed by atoms with van der Waals surface area (Å²) in [5.74, 6) is 0.869. The van der Waals surface area contributed by atoms with Crippen LogP contribution >= 0.6 is 22.9 Å². The summed E-state index contributed by atoms with van der Waals surface area (Å²) >= 11 is 7.42. The van der Waals surface area contributed by atoms with E-state index in [1.807, 2.05) is 6.07 Å². The number of nitrogens with two attached hydrogens (primary N) is 1. The second-order valence-electron chi connectivity index (χ2n) is 3.82. The van der Waals surface area contributed by atoms with Crippen LogP contribution < -0.4 is 5.73 Å². The molecule has 3 heteroatoms. The van der Waals surface area contributed by atoms with Crippen LogP contribution in [-0.4, -0.2) is 0 Å². The van der Waals surface area contributed by atoms with Gasteiger partial charge < -0.3 is 5.73 Å². The van der Waals surface area contributed by atoms with Gasteiger partial charge >= 0.3 is 0 Å². The molecule has 72 valence electrons. The fraction of sp³-hybridized carbons (Fsp3) is 0.600. The first kappa shape index (κ1) is 9.50. The van der Waals surface area contributed by atoms with Gasteiger partial charge in [-0.05, 0) is 29.3 Å². The second-order valence-corrected chi connectivity index (χ2v) is 5.37. The molecule has 0 radical (unpaired) electrons. The van der Waals surface area contributed by atoms with Crippen molar-refractivity contribution in [3.8, 4) is 0 Å². The minimum Gasteiger partial charge on any atom is -0.324 e. The van der Waals surface area contributed by atoms with E-state index in [1.54, 1.807) is 11.3 Å². The zero-order valence-corrected chi connectivity index (χ0v) is 9.07. The number of halogens is 1. The zero-order chi connectivity index (χ0) is 9.26. The fourth-order valence-corrected chi connectivity index (χ4v) is 2.70. The summed E-state index contributed by atoms with van der Waals surface area (Å²) in [4.78, 5) is 0. The highest BCUT2D eigenvalue weighted by molar-refractivity contribution is 7.14. The second kappa shape index (κ2) is 3.99. The van der Waals surface area contributed by atoms with Crippen LogP contribution in [0, 0.1) is 5.92 Å². The maximum atomic E-state index is 6.07. The number of hydrogen-bond donors (Lipinski definition) is 1. The lowest BCUT2D eigenvalue weighted by atomic mass is 9.80. The summed E-state index contributed by atoms with van der Waals surface area (Å²) in [6, 6.07) is 2.20. The van der Waals surface area contributed by atoms with Gasteiger partial charge in [0, 0.05) is 6.04 Å². The molecule has 1 heterocycles. The molecule has 1 atom stereocenters. The third-order valence-corrected chi connectivity index (χ3v) is 3.94. The van der Waals surface area contributed by atoms with Gasteiger partial charge in [-0.3, -0.25) is 0 Å². The van der Waals surface area contributed by atoms with E-state index in [2.05, 4.69) is 5.38 Å². The lowest BCUT2D eigenvalue weighted by Crippen LogP contribution is -2.19. The molecule has 2 rings (SSSR count). The van der Waals surface area contributed by atoms with Crippen LogP contribution in [0.5, 0.6) is 0 Å². The van der Waals surface area contributed by atoms with Gasteiger partial charge in [0.05, 0.1) is 4.34 Å². The lowest BCUT2D eigenvalue weighted by molar-refractivity contribution is 0.277. The molecule has 1 fully saturated rings. The van der Waals surface area contributed by atoms with Crippen molar-refractivity contribution in [1.29, 1.82) is 0 Å². The van der Waals surface area contributed by atoms with Crippen molar-refractivity contribution in [2.45, 2.75) is 31.7 Å². The maximum Gasteiger partial charge on any atom is 0.0931 e. The van der Waals surface area contributed by atoms with Crippen LogP contribution in [0.3, 0.4) is 0 Å². The molecule has 0 aromatic carbocycles. The Morgan fingerprint density at radius 1 is 1.62 bits per heavy atom. The van der Waals surface area contributed by atoms with Crippen LogP contribution in [0.15, 0.2) is 11.4 Å². The highest BCUT2D eigenvalue weighted by Gasteiger charge is 2.21. The van der Waals surface area contributed by atoms with Crippen LogP contribution in [0.1, 0.15) is 37.3 Å². The van der Waals surface area contributed by atoms with Crippen LogP contribution in [-0.2, 0) is 0 Å². The number of rotatable bonds is 3. The van der Waals surface area contributed by atoms with Crippen molar-refractivity contribution in [1.82, 2.24) is 0 Å². The summed E-state index contributed by atoms with van der Waals surface area (Å²) in [5, 5.41) is 2.08. The minimum atomic E-state index is 0.203. The van der Waals surface area contributed by atoms with Crippen molar-refractivity contribution in [2.24, 2.45) is 11.7 Å². The Morgan fingerprint density at radius 2 is 2.38 bits per heavy atom. The van der Waals surface area contributed by atoms with E-state index in [0.29, 0.717) is 0 Å². The third-order valence-electron chi connectivity index (χ3n) is 2.83. The molecular formula is C10H14ClNS. The smallest absolute Gasteiger partial charge is 0.0931 e. The van der Waals surface area contributed by atoms with Gasteiger partial charge in [-0.15, -0.1) is 11.3 Å². The Hall–Kier alpha value is -0.0500. The van der Waals surface area contributed by atoms with Crippen molar-refractivity contribution >= 4 is 22.9 Å². The summed E-state index contributed by atoms with van der Waals surface area (Å²) in [6.45, 7) is 0. The summed E-state index contributed by atoms with van der Waals surface area (Å²) in [5.41, 5.74) is 7.28. The molecule has 1 aliphatic rings. The van der Waals surface area contributed by atoms with Crippen LogP contribution in [0.25, 0.3) is 0 Å². The molecule has 1 aromatic rings. The predicted octanol–water partition coefficient (Wildman–Crippen LogP) is 3.59. The molecule has 0 amide bonds. The summed E-state index contributed by atoms with van der Waals surface area (Å²) < 4.78 is 0.846. The van der Waals surface area contributed by atoms with Gasteiger partial charge in [0.15, 0.2) is 0 Å². The molecule has 1 nitrogen and oxygen atoms in total. The fourth-order valence-electron chi connectivity index (χ4n) is 1.74. The van der Waals surface area contributed by atoms with E-state index in [-0.39, 0.29) is 6.04 Å². The molecule has 1 unspecified atom stereocenters. The first-order valence-electron chi connectivity index (χ1n) is 4.75. The van der Waals surface area contributed by atoms with Crippen molar-refractivity contribution < 1.29 is 0 Å². The zero-order valence-electron chi connectivity index (χ0n) is 7.50. The van der Waals surface area contributed by atoms with E-state index < -0.39 is 0 Å². The molecule has 0 spiro atoms. The Labute approximate surface area is 87.9 Å². The average molecular weight is 216 g/mol. The third kappa shape index (κ3) is 2.25. The molecule has 13 heavy (non-hydrogen) atoms. The number of hydrogen-bond acceptors (Lipinski definition) is 2. The normalized spacial score (nSPS) is 19.8. The highest BCUT2D eigenvalue weighted by Crippen LogP contribution is 2.35. The maximum absolute atomic E-state index is 6.07. The molecule has 0 saturated heterocycles. The molecule has 0 aliphatic heterocycles. The van der Waals surface area contributed by atoms with E-state index in [9.17, 15) is 0 Å². The van der Waals surface area contributed by atoms with Gasteiger partial charge in [0.25, 0.3) is 0 Å². The predicted molar refractivity (Wildman–Crippen MR) is 58.2 cm³/mol. The molecule has 0 bridgehead atoms. The highest BCUT2D eigenvalue weighted by atomic mass is 35.5.